The van der Waals surface area contributed by atoms with Crippen molar-refractivity contribution in [1.82, 2.24) is 19.9 Å². The van der Waals surface area contributed by atoms with Crippen LogP contribution in [-0.4, -0.2) is 19.9 Å². The topological polar surface area (TPSA) is 63.7 Å². The van der Waals surface area contributed by atoms with Gasteiger partial charge in [-0.05, 0) is 23.7 Å². The normalized spacial score (nSPS) is 10.9. The first-order valence-corrected chi connectivity index (χ1v) is 5.88. The molecule has 0 amide bonds. The molecule has 0 aliphatic heterocycles. The van der Waals surface area contributed by atoms with Gasteiger partial charge in [-0.25, -0.2) is 9.37 Å². The Kier molecular flexibility index (Phi) is 2.96. The van der Waals surface area contributed by atoms with Crippen LogP contribution in [-0.2, 0) is 0 Å². The first kappa shape index (κ1) is 12.1. The van der Waals surface area contributed by atoms with E-state index in [0.717, 1.165) is 6.07 Å². The fraction of sp³-hybridized carbons (Fsp3) is 0. The summed E-state index contributed by atoms with van der Waals surface area (Å²) in [6.07, 6.45) is 1.44. The average Bonchev–Trinajstić information content (AvgIpc) is 2.82. The SMILES string of the molecule is Fc1cc(Oc2nc(Cl)nc3nc[nH]c23)ccc1Cl. The predicted molar refractivity (Wildman–Crippen MR) is 68.2 cm³/mol. The number of H-pyrrole nitrogens is 1. The van der Waals surface area contributed by atoms with Crippen LogP contribution in [0.15, 0.2) is 24.5 Å². The maximum Gasteiger partial charge on any atom is 0.250 e. The van der Waals surface area contributed by atoms with E-state index in [1.807, 2.05) is 0 Å². The minimum Gasteiger partial charge on any atom is -0.437 e. The molecule has 0 fully saturated rings. The zero-order chi connectivity index (χ0) is 13.4. The lowest BCUT2D eigenvalue weighted by atomic mass is 10.3. The highest BCUT2D eigenvalue weighted by molar-refractivity contribution is 6.30. The van der Waals surface area contributed by atoms with Crippen LogP contribution in [0.25, 0.3) is 11.2 Å². The van der Waals surface area contributed by atoms with Gasteiger partial charge in [0.1, 0.15) is 17.1 Å². The van der Waals surface area contributed by atoms with E-state index in [-0.39, 0.29) is 21.9 Å². The molecule has 0 saturated heterocycles. The number of hydrogen-bond donors (Lipinski definition) is 1. The standard InChI is InChI=1S/C11H5Cl2FN4O/c12-6-2-1-5(3-7(6)14)19-10-8-9(16-4-15-8)17-11(13)18-10/h1-4H,(H,15,16,17,18). The molecule has 0 radical (unpaired) electrons. The molecule has 2 heterocycles. The van der Waals surface area contributed by atoms with Crippen LogP contribution in [0.1, 0.15) is 0 Å². The van der Waals surface area contributed by atoms with Crippen molar-refractivity contribution in [3.63, 3.8) is 0 Å². The van der Waals surface area contributed by atoms with E-state index in [0.29, 0.717) is 11.2 Å². The number of nitrogens with one attached hydrogen (secondary N) is 1. The molecule has 0 spiro atoms. The number of aromatic amines is 1. The Balaban J connectivity index is 2.04. The first-order chi connectivity index (χ1) is 9.13. The number of benzene rings is 1. The van der Waals surface area contributed by atoms with E-state index in [1.165, 1.54) is 18.5 Å². The third-order valence-corrected chi connectivity index (χ3v) is 2.81. The molecule has 0 aliphatic rings. The molecule has 5 nitrogen and oxygen atoms in total. The molecular formula is C11H5Cl2FN4O. The Morgan fingerprint density at radius 3 is 2.84 bits per heavy atom. The largest absolute Gasteiger partial charge is 0.437 e. The summed E-state index contributed by atoms with van der Waals surface area (Å²) in [5.74, 6) is -0.179. The van der Waals surface area contributed by atoms with Gasteiger partial charge in [0.25, 0.3) is 0 Å². The molecule has 8 heteroatoms. The maximum absolute atomic E-state index is 13.3. The zero-order valence-corrected chi connectivity index (χ0v) is 10.7. The van der Waals surface area contributed by atoms with Crippen LogP contribution < -0.4 is 4.74 Å². The van der Waals surface area contributed by atoms with Gasteiger partial charge in [0, 0.05) is 6.07 Å². The Hall–Kier alpha value is -1.92. The smallest absolute Gasteiger partial charge is 0.250 e. The van der Waals surface area contributed by atoms with E-state index in [1.54, 1.807) is 0 Å². The number of aromatic nitrogens is 4. The second-order valence-corrected chi connectivity index (χ2v) is 4.32. The highest BCUT2D eigenvalue weighted by Gasteiger charge is 2.12. The number of hydrogen-bond acceptors (Lipinski definition) is 4. The molecule has 0 unspecified atom stereocenters. The lowest BCUT2D eigenvalue weighted by Gasteiger charge is -2.06. The van der Waals surface area contributed by atoms with Crippen LogP contribution in [0.3, 0.4) is 0 Å². The number of fused-ring (bicyclic) bond motifs is 1. The summed E-state index contributed by atoms with van der Waals surface area (Å²) in [4.78, 5) is 14.6. The van der Waals surface area contributed by atoms with Crippen LogP contribution in [0.5, 0.6) is 11.6 Å². The van der Waals surface area contributed by atoms with Crippen molar-refractivity contribution < 1.29 is 9.13 Å². The van der Waals surface area contributed by atoms with E-state index in [2.05, 4.69) is 19.9 Å². The first-order valence-electron chi connectivity index (χ1n) is 5.13. The molecule has 0 bridgehead atoms. The molecular weight excluding hydrogens is 294 g/mol. The maximum atomic E-state index is 13.3. The molecule has 19 heavy (non-hydrogen) atoms. The Bertz CT molecular complexity index is 762. The molecule has 0 atom stereocenters. The van der Waals surface area contributed by atoms with Crippen molar-refractivity contribution in [3.05, 3.63) is 40.6 Å². The lowest BCUT2D eigenvalue weighted by molar-refractivity contribution is 0.462. The highest BCUT2D eigenvalue weighted by Crippen LogP contribution is 2.28. The highest BCUT2D eigenvalue weighted by atomic mass is 35.5. The van der Waals surface area contributed by atoms with E-state index in [9.17, 15) is 4.39 Å². The Labute approximate surface area is 116 Å². The quantitative estimate of drug-likeness (QED) is 0.734. The van der Waals surface area contributed by atoms with Gasteiger partial charge in [-0.1, -0.05) is 11.6 Å². The lowest BCUT2D eigenvalue weighted by Crippen LogP contribution is -1.93. The van der Waals surface area contributed by atoms with Crippen molar-refractivity contribution in [1.29, 1.82) is 0 Å². The third-order valence-electron chi connectivity index (χ3n) is 2.33. The summed E-state index contributed by atoms with van der Waals surface area (Å²) < 4.78 is 18.8. The fourth-order valence-electron chi connectivity index (χ4n) is 1.51. The number of nitrogens with zero attached hydrogens (tertiary/aromatic N) is 3. The van der Waals surface area contributed by atoms with E-state index >= 15 is 0 Å². The number of rotatable bonds is 2. The Morgan fingerprint density at radius 1 is 1.21 bits per heavy atom. The molecule has 0 saturated carbocycles. The Morgan fingerprint density at radius 2 is 2.05 bits per heavy atom. The summed E-state index contributed by atoms with van der Waals surface area (Å²) in [6.45, 7) is 0. The average molecular weight is 299 g/mol. The van der Waals surface area contributed by atoms with Crippen LogP contribution in [0.2, 0.25) is 10.3 Å². The molecule has 3 aromatic rings. The summed E-state index contributed by atoms with van der Waals surface area (Å²) >= 11 is 11.3. The number of imidazole rings is 1. The van der Waals surface area contributed by atoms with Crippen LogP contribution >= 0.6 is 23.2 Å². The minimum atomic E-state index is -0.583. The van der Waals surface area contributed by atoms with Crippen molar-refractivity contribution in [2.24, 2.45) is 0 Å². The summed E-state index contributed by atoms with van der Waals surface area (Å²) in [5, 5.41) is 0.00351. The fourth-order valence-corrected chi connectivity index (χ4v) is 1.78. The zero-order valence-electron chi connectivity index (χ0n) is 9.19. The van der Waals surface area contributed by atoms with Gasteiger partial charge in [0.05, 0.1) is 11.3 Å². The van der Waals surface area contributed by atoms with Gasteiger partial charge in [-0.3, -0.25) is 0 Å². The van der Waals surface area contributed by atoms with E-state index in [4.69, 9.17) is 27.9 Å². The van der Waals surface area contributed by atoms with Gasteiger partial charge >= 0.3 is 0 Å². The summed E-state index contributed by atoms with van der Waals surface area (Å²) in [5.41, 5.74) is 0.837. The van der Waals surface area contributed by atoms with Crippen molar-refractivity contribution in [3.8, 4) is 11.6 Å². The van der Waals surface area contributed by atoms with Crippen molar-refractivity contribution >= 4 is 34.4 Å². The van der Waals surface area contributed by atoms with Gasteiger partial charge in [0.2, 0.25) is 11.2 Å². The monoisotopic (exact) mass is 298 g/mol. The molecule has 3 rings (SSSR count). The van der Waals surface area contributed by atoms with Crippen molar-refractivity contribution in [2.45, 2.75) is 0 Å². The van der Waals surface area contributed by atoms with Crippen molar-refractivity contribution in [2.75, 3.05) is 0 Å². The summed E-state index contributed by atoms with van der Waals surface area (Å²) in [6, 6.07) is 4.06. The molecule has 1 N–H and O–H groups in total. The summed E-state index contributed by atoms with van der Waals surface area (Å²) in [7, 11) is 0. The van der Waals surface area contributed by atoms with Gasteiger partial charge in [-0.2, -0.15) is 9.97 Å². The third kappa shape index (κ3) is 2.32. The number of halogens is 3. The molecule has 96 valence electrons. The van der Waals surface area contributed by atoms with Crippen LogP contribution in [0.4, 0.5) is 4.39 Å². The molecule has 1 aromatic carbocycles. The number of ether oxygens (including phenoxy) is 1. The van der Waals surface area contributed by atoms with Gasteiger partial charge < -0.3 is 9.72 Å². The minimum absolute atomic E-state index is 0.0102. The van der Waals surface area contributed by atoms with Crippen LogP contribution in [0, 0.1) is 5.82 Å². The predicted octanol–water partition coefficient (Wildman–Crippen LogP) is 3.59. The van der Waals surface area contributed by atoms with Gasteiger partial charge in [-0.15, -0.1) is 0 Å². The van der Waals surface area contributed by atoms with E-state index < -0.39 is 5.82 Å². The molecule has 0 aliphatic carbocycles. The molecule has 2 aromatic heterocycles. The second-order valence-electron chi connectivity index (χ2n) is 3.58. The van der Waals surface area contributed by atoms with Gasteiger partial charge in [0.15, 0.2) is 5.65 Å². The second kappa shape index (κ2) is 4.64.